The fourth-order valence-corrected chi connectivity index (χ4v) is 1.48. The number of non-ortho nitro benzene ring substituents is 1. The molecule has 0 radical (unpaired) electrons. The summed E-state index contributed by atoms with van der Waals surface area (Å²) in [6.07, 6.45) is -0.106. The summed E-state index contributed by atoms with van der Waals surface area (Å²) >= 11 is 0. The third-order valence-corrected chi connectivity index (χ3v) is 2.49. The largest absolute Gasteiger partial charge is 0.491 e. The van der Waals surface area contributed by atoms with E-state index in [1.54, 1.807) is 6.07 Å². The van der Waals surface area contributed by atoms with Gasteiger partial charge in [0.15, 0.2) is 0 Å². The van der Waals surface area contributed by atoms with Crippen molar-refractivity contribution in [3.63, 3.8) is 0 Å². The molecule has 0 spiro atoms. The molecule has 3 N–H and O–H groups in total. The van der Waals surface area contributed by atoms with Crippen molar-refractivity contribution in [1.82, 2.24) is 0 Å². The molecule has 1 atom stereocenters. The minimum Gasteiger partial charge on any atom is -0.491 e. The average molecular weight is 284 g/mol. The average Bonchev–Trinajstić information content (AvgIpc) is 2.35. The van der Waals surface area contributed by atoms with E-state index in [-0.39, 0.29) is 18.3 Å². The minimum absolute atomic E-state index is 0.0613. The van der Waals surface area contributed by atoms with E-state index in [2.05, 4.69) is 5.32 Å². The van der Waals surface area contributed by atoms with Crippen molar-refractivity contribution in [2.75, 3.05) is 18.5 Å². The number of rotatable bonds is 7. The van der Waals surface area contributed by atoms with E-state index in [1.165, 1.54) is 19.1 Å². The summed E-state index contributed by atoms with van der Waals surface area (Å²) in [6.45, 7) is 4.75. The highest BCUT2D eigenvalue weighted by Crippen LogP contribution is 2.27. The van der Waals surface area contributed by atoms with Crippen LogP contribution in [0.25, 0.3) is 0 Å². The topological polar surface area (TPSA) is 105 Å². The molecular formula is C13H20N2O5. The van der Waals surface area contributed by atoms with Crippen molar-refractivity contribution in [3.8, 4) is 5.75 Å². The molecule has 0 aromatic heterocycles. The van der Waals surface area contributed by atoms with Gasteiger partial charge in [0.05, 0.1) is 23.7 Å². The first-order valence-electron chi connectivity index (χ1n) is 6.27. The fraction of sp³-hybridized carbons (Fsp3) is 0.538. The molecule has 7 nitrogen and oxygen atoms in total. The van der Waals surface area contributed by atoms with Gasteiger partial charge in [0, 0.05) is 24.4 Å². The van der Waals surface area contributed by atoms with Crippen LogP contribution in [-0.2, 0) is 0 Å². The lowest BCUT2D eigenvalue weighted by atomic mass is 10.1. The number of hydrogen-bond donors (Lipinski definition) is 3. The predicted molar refractivity (Wildman–Crippen MR) is 75.1 cm³/mol. The van der Waals surface area contributed by atoms with E-state index in [1.807, 2.05) is 13.8 Å². The van der Waals surface area contributed by atoms with E-state index in [4.69, 9.17) is 9.84 Å². The number of ether oxygens (including phenoxy) is 1. The molecule has 1 aromatic rings. The van der Waals surface area contributed by atoms with Gasteiger partial charge in [-0.2, -0.15) is 0 Å². The molecular weight excluding hydrogens is 264 g/mol. The molecule has 7 heteroatoms. The van der Waals surface area contributed by atoms with Gasteiger partial charge in [-0.3, -0.25) is 10.1 Å². The maximum absolute atomic E-state index is 10.9. The number of benzene rings is 1. The van der Waals surface area contributed by atoms with Crippen LogP contribution in [0.3, 0.4) is 0 Å². The Morgan fingerprint density at radius 1 is 1.45 bits per heavy atom. The summed E-state index contributed by atoms with van der Waals surface area (Å²) in [6, 6.07) is 4.30. The van der Waals surface area contributed by atoms with Gasteiger partial charge in [0.25, 0.3) is 5.69 Å². The molecule has 0 aliphatic heterocycles. The highest BCUT2D eigenvalue weighted by molar-refractivity contribution is 5.56. The zero-order valence-electron chi connectivity index (χ0n) is 11.8. The zero-order chi connectivity index (χ0) is 15.3. The molecule has 1 aromatic carbocycles. The van der Waals surface area contributed by atoms with Gasteiger partial charge in [0.2, 0.25) is 0 Å². The second-order valence-electron chi connectivity index (χ2n) is 5.15. The monoisotopic (exact) mass is 284 g/mol. The number of aliphatic hydroxyl groups is 2. The van der Waals surface area contributed by atoms with Crippen molar-refractivity contribution in [1.29, 1.82) is 0 Å². The number of nitrogens with zero attached hydrogens (tertiary/aromatic N) is 1. The SMILES string of the molecule is CC(C)Oc1cc(NCC(C)(O)CO)cc([N+](=O)[O-])c1. The Morgan fingerprint density at radius 3 is 2.60 bits per heavy atom. The third-order valence-electron chi connectivity index (χ3n) is 2.49. The number of nitro groups is 1. The van der Waals surface area contributed by atoms with Crippen molar-refractivity contribution in [3.05, 3.63) is 28.3 Å². The Hall–Kier alpha value is -1.86. The molecule has 0 bridgehead atoms. The predicted octanol–water partition coefficient (Wildman–Crippen LogP) is 1.54. The molecule has 0 fully saturated rings. The molecule has 1 rings (SSSR count). The Bertz CT molecular complexity index is 474. The number of aliphatic hydroxyl groups excluding tert-OH is 1. The van der Waals surface area contributed by atoms with E-state index in [9.17, 15) is 15.2 Å². The van der Waals surface area contributed by atoms with Crippen LogP contribution in [0, 0.1) is 10.1 Å². The maximum Gasteiger partial charge on any atom is 0.275 e. The summed E-state index contributed by atoms with van der Waals surface area (Å²) in [4.78, 5) is 10.4. The molecule has 0 heterocycles. The van der Waals surface area contributed by atoms with Crippen LogP contribution in [-0.4, -0.2) is 40.0 Å². The molecule has 0 aliphatic carbocycles. The van der Waals surface area contributed by atoms with E-state index < -0.39 is 17.1 Å². The fourth-order valence-electron chi connectivity index (χ4n) is 1.48. The van der Waals surface area contributed by atoms with Crippen LogP contribution in [0.5, 0.6) is 5.75 Å². The maximum atomic E-state index is 10.9. The molecule has 0 saturated heterocycles. The number of nitro benzene ring substituents is 1. The normalized spacial score (nSPS) is 13.9. The summed E-state index contributed by atoms with van der Waals surface area (Å²) in [5.74, 6) is 0.375. The first-order valence-corrected chi connectivity index (χ1v) is 6.27. The molecule has 0 amide bonds. The van der Waals surface area contributed by atoms with Crippen LogP contribution in [0.4, 0.5) is 11.4 Å². The molecule has 1 unspecified atom stereocenters. The second-order valence-corrected chi connectivity index (χ2v) is 5.15. The standard InChI is InChI=1S/C13H20N2O5/c1-9(2)20-12-5-10(4-11(6-12)15(18)19)14-7-13(3,17)8-16/h4-6,9,14,16-17H,7-8H2,1-3H3. The minimum atomic E-state index is -1.30. The van der Waals surface area contributed by atoms with Gasteiger partial charge in [0.1, 0.15) is 11.4 Å². The van der Waals surface area contributed by atoms with Crippen LogP contribution >= 0.6 is 0 Å². The molecule has 20 heavy (non-hydrogen) atoms. The first kappa shape index (κ1) is 16.2. The van der Waals surface area contributed by atoms with E-state index >= 15 is 0 Å². The van der Waals surface area contributed by atoms with Crippen molar-refractivity contribution in [2.45, 2.75) is 32.5 Å². The van der Waals surface area contributed by atoms with Crippen molar-refractivity contribution in [2.24, 2.45) is 0 Å². The Kier molecular flexibility index (Phi) is 5.29. The lowest BCUT2D eigenvalue weighted by Gasteiger charge is -2.21. The van der Waals surface area contributed by atoms with Crippen molar-refractivity contribution >= 4 is 11.4 Å². The molecule has 0 saturated carbocycles. The van der Waals surface area contributed by atoms with Crippen LogP contribution < -0.4 is 10.1 Å². The van der Waals surface area contributed by atoms with Crippen LogP contribution in [0.15, 0.2) is 18.2 Å². The number of hydrogen-bond acceptors (Lipinski definition) is 6. The van der Waals surface area contributed by atoms with E-state index in [0.29, 0.717) is 11.4 Å². The van der Waals surface area contributed by atoms with Gasteiger partial charge >= 0.3 is 0 Å². The summed E-state index contributed by atoms with van der Waals surface area (Å²) < 4.78 is 5.45. The zero-order valence-corrected chi connectivity index (χ0v) is 11.8. The summed E-state index contributed by atoms with van der Waals surface area (Å²) in [7, 11) is 0. The second kappa shape index (κ2) is 6.53. The quantitative estimate of drug-likeness (QED) is 0.518. The highest BCUT2D eigenvalue weighted by Gasteiger charge is 2.19. The highest BCUT2D eigenvalue weighted by atomic mass is 16.6. The van der Waals surface area contributed by atoms with Gasteiger partial charge in [-0.25, -0.2) is 0 Å². The Morgan fingerprint density at radius 2 is 2.10 bits per heavy atom. The van der Waals surface area contributed by atoms with Gasteiger partial charge in [-0.05, 0) is 20.8 Å². The summed E-state index contributed by atoms with van der Waals surface area (Å²) in [5, 5.41) is 32.4. The van der Waals surface area contributed by atoms with Gasteiger partial charge in [-0.15, -0.1) is 0 Å². The van der Waals surface area contributed by atoms with Gasteiger partial charge < -0.3 is 20.3 Å². The van der Waals surface area contributed by atoms with Gasteiger partial charge in [-0.1, -0.05) is 0 Å². The lowest BCUT2D eigenvalue weighted by molar-refractivity contribution is -0.384. The first-order chi connectivity index (χ1) is 9.23. The molecule has 112 valence electrons. The summed E-state index contributed by atoms with van der Waals surface area (Å²) in [5.41, 5.74) is -0.957. The van der Waals surface area contributed by atoms with Crippen molar-refractivity contribution < 1.29 is 19.9 Å². The van der Waals surface area contributed by atoms with Crippen LogP contribution in [0.1, 0.15) is 20.8 Å². The van der Waals surface area contributed by atoms with Crippen LogP contribution in [0.2, 0.25) is 0 Å². The Labute approximate surface area is 117 Å². The molecule has 0 aliphatic rings. The lowest BCUT2D eigenvalue weighted by Crippen LogP contribution is -2.37. The third kappa shape index (κ3) is 5.02. The Balaban J connectivity index is 2.94. The number of nitrogens with one attached hydrogen (secondary N) is 1. The van der Waals surface area contributed by atoms with E-state index in [0.717, 1.165) is 0 Å². The number of anilines is 1. The smallest absolute Gasteiger partial charge is 0.275 e.